The highest BCUT2D eigenvalue weighted by molar-refractivity contribution is 7.81. The smallest absolute Gasteiger partial charge is 0.325 e. The largest absolute Gasteiger partial charge is 0.480 e. The SMILES string of the molecule is O=C(O)C(S)c1nc(-c2ccc3c(c2)OOC3)c(-c2ccccc2)o1. The second kappa shape index (κ2) is 6.27. The fourth-order valence-electron chi connectivity index (χ4n) is 2.60. The molecule has 2 aromatic carbocycles. The number of carbonyl (C=O) groups is 1. The van der Waals surface area contributed by atoms with Gasteiger partial charge in [0.05, 0.1) is 0 Å². The summed E-state index contributed by atoms with van der Waals surface area (Å²) < 4.78 is 5.76. The maximum Gasteiger partial charge on any atom is 0.325 e. The van der Waals surface area contributed by atoms with Crippen molar-refractivity contribution in [3.8, 4) is 28.3 Å². The lowest BCUT2D eigenvalue weighted by Crippen LogP contribution is -2.05. The van der Waals surface area contributed by atoms with Crippen LogP contribution in [0.4, 0.5) is 0 Å². The van der Waals surface area contributed by atoms with Crippen molar-refractivity contribution in [2.24, 2.45) is 0 Å². The van der Waals surface area contributed by atoms with E-state index in [1.54, 1.807) is 6.07 Å². The van der Waals surface area contributed by atoms with E-state index in [-0.39, 0.29) is 5.89 Å². The monoisotopic (exact) mass is 355 g/mol. The van der Waals surface area contributed by atoms with Crippen molar-refractivity contribution < 1.29 is 24.1 Å². The molecule has 6 nitrogen and oxygen atoms in total. The van der Waals surface area contributed by atoms with E-state index in [2.05, 4.69) is 17.6 Å². The molecule has 1 N–H and O–H groups in total. The highest BCUT2D eigenvalue weighted by Gasteiger charge is 2.26. The Morgan fingerprint density at radius 1 is 1.16 bits per heavy atom. The Balaban J connectivity index is 1.86. The second-order valence-corrected chi connectivity index (χ2v) is 6.02. The first-order valence-electron chi connectivity index (χ1n) is 7.53. The van der Waals surface area contributed by atoms with Crippen molar-refractivity contribution in [2.45, 2.75) is 11.9 Å². The zero-order valence-electron chi connectivity index (χ0n) is 12.9. The molecule has 1 aliphatic rings. The maximum atomic E-state index is 11.2. The molecule has 4 rings (SSSR count). The second-order valence-electron chi connectivity index (χ2n) is 5.50. The van der Waals surface area contributed by atoms with Gasteiger partial charge in [-0.3, -0.25) is 4.79 Å². The van der Waals surface area contributed by atoms with Crippen LogP contribution in [0.3, 0.4) is 0 Å². The summed E-state index contributed by atoms with van der Waals surface area (Å²) >= 11 is 4.06. The third-order valence-corrected chi connectivity index (χ3v) is 4.29. The van der Waals surface area contributed by atoms with Crippen molar-refractivity contribution in [3.63, 3.8) is 0 Å². The van der Waals surface area contributed by atoms with Gasteiger partial charge in [-0.25, -0.2) is 4.98 Å². The number of fused-ring (bicyclic) bond motifs is 1. The van der Waals surface area contributed by atoms with Gasteiger partial charge in [0.25, 0.3) is 0 Å². The third kappa shape index (κ3) is 2.88. The van der Waals surface area contributed by atoms with E-state index in [0.717, 1.165) is 16.7 Å². The highest BCUT2D eigenvalue weighted by Crippen LogP contribution is 2.38. The minimum absolute atomic E-state index is 0.0300. The average molecular weight is 355 g/mol. The average Bonchev–Trinajstić information content (AvgIpc) is 3.28. The van der Waals surface area contributed by atoms with E-state index >= 15 is 0 Å². The summed E-state index contributed by atoms with van der Waals surface area (Å²) in [5, 5.41) is 8.04. The van der Waals surface area contributed by atoms with Gasteiger partial charge >= 0.3 is 5.97 Å². The molecule has 0 saturated carbocycles. The minimum atomic E-state index is -1.15. The van der Waals surface area contributed by atoms with Gasteiger partial charge in [0.15, 0.2) is 16.8 Å². The molecule has 0 fully saturated rings. The van der Waals surface area contributed by atoms with Crippen molar-refractivity contribution >= 4 is 18.6 Å². The fraction of sp³-hybridized carbons (Fsp3) is 0.111. The van der Waals surface area contributed by atoms with Crippen LogP contribution in [0.1, 0.15) is 16.7 Å². The van der Waals surface area contributed by atoms with E-state index in [4.69, 9.17) is 14.2 Å². The van der Waals surface area contributed by atoms with Crippen LogP contribution in [0.2, 0.25) is 0 Å². The summed E-state index contributed by atoms with van der Waals surface area (Å²) in [6, 6.07) is 14.9. The Bertz CT molecular complexity index is 938. The fourth-order valence-corrected chi connectivity index (χ4v) is 2.71. The number of hydrogen-bond acceptors (Lipinski definition) is 6. The molecule has 0 spiro atoms. The van der Waals surface area contributed by atoms with Crippen molar-refractivity contribution in [2.75, 3.05) is 0 Å². The predicted octanol–water partition coefficient (Wildman–Crippen LogP) is 3.89. The van der Waals surface area contributed by atoms with Crippen LogP contribution < -0.4 is 4.89 Å². The molecule has 1 unspecified atom stereocenters. The van der Waals surface area contributed by atoms with E-state index in [9.17, 15) is 9.90 Å². The van der Waals surface area contributed by atoms with E-state index in [1.165, 1.54) is 0 Å². The highest BCUT2D eigenvalue weighted by atomic mass is 32.1. The topological polar surface area (TPSA) is 81.8 Å². The van der Waals surface area contributed by atoms with Crippen LogP contribution in [0.5, 0.6) is 5.75 Å². The van der Waals surface area contributed by atoms with Gasteiger partial charge in [-0.15, -0.1) is 0 Å². The van der Waals surface area contributed by atoms with Gasteiger partial charge in [-0.1, -0.05) is 42.5 Å². The molecule has 25 heavy (non-hydrogen) atoms. The molecular formula is C18H13NO5S. The minimum Gasteiger partial charge on any atom is -0.480 e. The van der Waals surface area contributed by atoms with Crippen molar-refractivity contribution in [3.05, 3.63) is 60.0 Å². The van der Waals surface area contributed by atoms with Crippen molar-refractivity contribution in [1.82, 2.24) is 4.98 Å². The first-order chi connectivity index (χ1) is 12.1. The zero-order valence-corrected chi connectivity index (χ0v) is 13.8. The Kier molecular flexibility index (Phi) is 3.95. The lowest BCUT2D eigenvalue weighted by molar-refractivity contribution is -0.194. The summed E-state index contributed by atoms with van der Waals surface area (Å²) in [6.45, 7) is 0.392. The van der Waals surface area contributed by atoms with E-state index in [0.29, 0.717) is 23.8 Å². The van der Waals surface area contributed by atoms with Crippen LogP contribution in [-0.4, -0.2) is 16.1 Å². The molecule has 126 valence electrons. The summed E-state index contributed by atoms with van der Waals surface area (Å²) in [7, 11) is 0. The first kappa shape index (κ1) is 15.7. The van der Waals surface area contributed by atoms with Crippen molar-refractivity contribution in [1.29, 1.82) is 0 Å². The number of hydrogen-bond donors (Lipinski definition) is 2. The summed E-state index contributed by atoms with van der Waals surface area (Å²) in [4.78, 5) is 25.7. The molecular weight excluding hydrogens is 342 g/mol. The molecule has 0 radical (unpaired) electrons. The molecule has 1 aliphatic heterocycles. The quantitative estimate of drug-likeness (QED) is 0.546. The summed E-state index contributed by atoms with van der Waals surface area (Å²) in [5.74, 6) is 0.000250. The van der Waals surface area contributed by atoms with Gasteiger partial charge in [0.2, 0.25) is 5.89 Å². The molecule has 0 saturated heterocycles. The summed E-state index contributed by atoms with van der Waals surface area (Å²) in [5.41, 5.74) is 3.00. The molecule has 1 aromatic heterocycles. The Hall–Kier alpha value is -2.77. The lowest BCUT2D eigenvalue weighted by Gasteiger charge is -2.03. The lowest BCUT2D eigenvalue weighted by atomic mass is 10.0. The number of rotatable bonds is 4. The molecule has 0 bridgehead atoms. The van der Waals surface area contributed by atoms with E-state index < -0.39 is 11.2 Å². The Labute approximate surface area is 148 Å². The van der Waals surface area contributed by atoms with Crippen LogP contribution >= 0.6 is 12.6 Å². The number of oxazole rings is 1. The zero-order chi connectivity index (χ0) is 17.4. The first-order valence-corrected chi connectivity index (χ1v) is 8.05. The Morgan fingerprint density at radius 2 is 1.96 bits per heavy atom. The molecule has 3 aromatic rings. The molecule has 0 aliphatic carbocycles. The van der Waals surface area contributed by atoms with Crippen LogP contribution in [0, 0.1) is 0 Å². The standard InChI is InChI=1S/C18H13NO5S/c20-18(21)16(25)17-19-14(15(23-17)10-4-2-1-3-5-10)11-6-7-12-9-22-24-13(12)8-11/h1-8,16,25H,9H2,(H,20,21). The van der Waals surface area contributed by atoms with Gasteiger partial charge in [0.1, 0.15) is 12.3 Å². The number of nitrogens with zero attached hydrogens (tertiary/aromatic N) is 1. The molecule has 7 heteroatoms. The number of benzene rings is 2. The van der Waals surface area contributed by atoms with Gasteiger partial charge in [-0.2, -0.15) is 17.5 Å². The number of carboxylic acid groups (broad SMARTS) is 1. The maximum absolute atomic E-state index is 11.2. The number of aromatic nitrogens is 1. The van der Waals surface area contributed by atoms with E-state index in [1.807, 2.05) is 42.5 Å². The number of carboxylic acids is 1. The normalized spacial score (nSPS) is 14.0. The number of thiol groups is 1. The Morgan fingerprint density at radius 3 is 2.72 bits per heavy atom. The van der Waals surface area contributed by atoms with Crippen LogP contribution in [0.25, 0.3) is 22.6 Å². The molecule has 2 heterocycles. The molecule has 0 amide bonds. The van der Waals surface area contributed by atoms with Gasteiger partial charge in [-0.05, 0) is 6.07 Å². The predicted molar refractivity (Wildman–Crippen MR) is 92.2 cm³/mol. The van der Waals surface area contributed by atoms with Crippen LogP contribution in [-0.2, 0) is 16.3 Å². The number of aliphatic carboxylic acids is 1. The summed E-state index contributed by atoms with van der Waals surface area (Å²) in [6.07, 6.45) is 0. The van der Waals surface area contributed by atoms with Gasteiger partial charge in [0, 0.05) is 16.7 Å². The van der Waals surface area contributed by atoms with Gasteiger partial charge < -0.3 is 14.4 Å². The van der Waals surface area contributed by atoms with Crippen LogP contribution in [0.15, 0.2) is 52.9 Å². The third-order valence-electron chi connectivity index (χ3n) is 3.85. The molecule has 1 atom stereocenters.